The molecule has 0 spiro atoms. The maximum atomic E-state index is 12.9. The van der Waals surface area contributed by atoms with Crippen molar-refractivity contribution < 1.29 is 4.79 Å². The van der Waals surface area contributed by atoms with Gasteiger partial charge in [-0.3, -0.25) is 4.79 Å². The van der Waals surface area contributed by atoms with Crippen LogP contribution in [0.2, 0.25) is 0 Å². The summed E-state index contributed by atoms with van der Waals surface area (Å²) in [5.41, 5.74) is 5.85. The van der Waals surface area contributed by atoms with Gasteiger partial charge in [-0.25, -0.2) is 0 Å². The van der Waals surface area contributed by atoms with Crippen molar-refractivity contribution >= 4 is 17.7 Å². The minimum Gasteiger partial charge on any atom is -0.316 e. The second-order valence-electron chi connectivity index (χ2n) is 6.15. The van der Waals surface area contributed by atoms with Gasteiger partial charge in [-0.15, -0.1) is 11.8 Å². The lowest BCUT2D eigenvalue weighted by molar-refractivity contribution is 0.0716. The number of nitrogens with zero attached hydrogens (tertiary/aromatic N) is 1. The second kappa shape index (κ2) is 4.88. The molecule has 1 atom stereocenters. The summed E-state index contributed by atoms with van der Waals surface area (Å²) >= 11 is 1.90. The topological polar surface area (TPSA) is 20.3 Å². The van der Waals surface area contributed by atoms with Crippen molar-refractivity contribution in [3.63, 3.8) is 0 Å². The molecular formula is C19H19NOS. The van der Waals surface area contributed by atoms with Gasteiger partial charge < -0.3 is 4.90 Å². The van der Waals surface area contributed by atoms with Crippen molar-refractivity contribution in [1.29, 1.82) is 0 Å². The molecular weight excluding hydrogens is 290 g/mol. The Balaban J connectivity index is 1.99. The molecule has 0 aromatic heterocycles. The van der Waals surface area contributed by atoms with Gasteiger partial charge in [0.1, 0.15) is 4.87 Å². The molecule has 1 unspecified atom stereocenters. The fourth-order valence-electron chi connectivity index (χ4n) is 3.60. The summed E-state index contributed by atoms with van der Waals surface area (Å²) in [5.74, 6) is 1.27. The van der Waals surface area contributed by atoms with Crippen LogP contribution < -0.4 is 0 Å². The Bertz CT molecular complexity index is 770. The van der Waals surface area contributed by atoms with Gasteiger partial charge in [-0.05, 0) is 48.8 Å². The van der Waals surface area contributed by atoms with Gasteiger partial charge in [-0.1, -0.05) is 36.4 Å². The molecule has 1 fully saturated rings. The smallest absolute Gasteiger partial charge is 0.255 e. The van der Waals surface area contributed by atoms with Gasteiger partial charge >= 0.3 is 0 Å². The second-order valence-corrected chi connectivity index (χ2v) is 7.44. The van der Waals surface area contributed by atoms with Crippen molar-refractivity contribution in [2.24, 2.45) is 0 Å². The Morgan fingerprint density at radius 1 is 1.09 bits per heavy atom. The van der Waals surface area contributed by atoms with Gasteiger partial charge in [0.15, 0.2) is 0 Å². The van der Waals surface area contributed by atoms with E-state index in [1.165, 1.54) is 16.7 Å². The van der Waals surface area contributed by atoms with Crippen LogP contribution in [0.25, 0.3) is 0 Å². The Labute approximate surface area is 135 Å². The molecule has 3 heteroatoms. The van der Waals surface area contributed by atoms with Gasteiger partial charge in [0.2, 0.25) is 0 Å². The fraction of sp³-hybridized carbons (Fsp3) is 0.316. The highest BCUT2D eigenvalue weighted by Gasteiger charge is 2.52. The summed E-state index contributed by atoms with van der Waals surface area (Å²) in [4.78, 5) is 14.6. The maximum absolute atomic E-state index is 12.9. The predicted molar refractivity (Wildman–Crippen MR) is 91.2 cm³/mol. The zero-order valence-electron chi connectivity index (χ0n) is 12.9. The molecule has 0 saturated carbocycles. The van der Waals surface area contributed by atoms with Crippen LogP contribution in [0.4, 0.5) is 0 Å². The molecule has 1 saturated heterocycles. The van der Waals surface area contributed by atoms with Gasteiger partial charge in [0.05, 0.1) is 0 Å². The quantitative estimate of drug-likeness (QED) is 0.790. The normalized spacial score (nSPS) is 23.4. The fourth-order valence-corrected chi connectivity index (χ4v) is 5.13. The molecule has 2 aliphatic heterocycles. The molecule has 0 aliphatic carbocycles. The number of carbonyl (C=O) groups is 1. The number of aryl methyl sites for hydroxylation is 2. The molecule has 2 nitrogen and oxygen atoms in total. The highest BCUT2D eigenvalue weighted by molar-refractivity contribution is 8.00. The molecule has 2 heterocycles. The molecule has 0 bridgehead atoms. The number of fused-ring (bicyclic) bond motifs is 3. The highest BCUT2D eigenvalue weighted by Crippen LogP contribution is 2.54. The van der Waals surface area contributed by atoms with Crippen molar-refractivity contribution in [1.82, 2.24) is 4.90 Å². The zero-order valence-corrected chi connectivity index (χ0v) is 13.7. The lowest BCUT2D eigenvalue weighted by Gasteiger charge is -2.42. The van der Waals surface area contributed by atoms with E-state index in [1.54, 1.807) is 0 Å². The van der Waals surface area contributed by atoms with Crippen LogP contribution in [0, 0.1) is 13.8 Å². The van der Waals surface area contributed by atoms with E-state index < -0.39 is 0 Å². The van der Waals surface area contributed by atoms with Crippen LogP contribution in [0.3, 0.4) is 0 Å². The van der Waals surface area contributed by atoms with Crippen LogP contribution in [-0.2, 0) is 4.87 Å². The van der Waals surface area contributed by atoms with E-state index in [-0.39, 0.29) is 10.8 Å². The summed E-state index contributed by atoms with van der Waals surface area (Å²) in [6.07, 6.45) is 1.07. The monoisotopic (exact) mass is 309 g/mol. The van der Waals surface area contributed by atoms with Crippen molar-refractivity contribution in [2.75, 3.05) is 12.3 Å². The van der Waals surface area contributed by atoms with Crippen LogP contribution in [0.5, 0.6) is 0 Å². The van der Waals surface area contributed by atoms with E-state index in [1.807, 2.05) is 30.0 Å². The molecule has 1 amide bonds. The summed E-state index contributed by atoms with van der Waals surface area (Å²) in [6, 6.07) is 14.7. The van der Waals surface area contributed by atoms with E-state index in [9.17, 15) is 4.79 Å². The standard InChI is InChI=1S/C19H19NOS/c1-13-8-9-15(12-14(13)2)19-17-7-4-3-6-16(17)18(21)20(19)10-5-11-22-19/h3-4,6-9,12H,5,10-11H2,1-2H3. The minimum atomic E-state index is -0.329. The Morgan fingerprint density at radius 2 is 1.91 bits per heavy atom. The largest absolute Gasteiger partial charge is 0.316 e. The van der Waals surface area contributed by atoms with Crippen LogP contribution in [0.1, 0.15) is 39.0 Å². The van der Waals surface area contributed by atoms with E-state index >= 15 is 0 Å². The minimum absolute atomic E-state index is 0.182. The highest BCUT2D eigenvalue weighted by atomic mass is 32.2. The molecule has 22 heavy (non-hydrogen) atoms. The van der Waals surface area contributed by atoms with Gasteiger partial charge in [0.25, 0.3) is 5.91 Å². The number of rotatable bonds is 1. The summed E-state index contributed by atoms with van der Waals surface area (Å²) < 4.78 is 0. The van der Waals surface area contributed by atoms with Crippen molar-refractivity contribution in [3.8, 4) is 0 Å². The Morgan fingerprint density at radius 3 is 2.73 bits per heavy atom. The van der Waals surface area contributed by atoms with E-state index in [0.717, 1.165) is 29.8 Å². The van der Waals surface area contributed by atoms with Crippen molar-refractivity contribution in [2.45, 2.75) is 25.1 Å². The van der Waals surface area contributed by atoms with Crippen LogP contribution in [-0.4, -0.2) is 23.1 Å². The molecule has 2 aromatic rings. The lowest BCUT2D eigenvalue weighted by atomic mass is 9.94. The van der Waals surface area contributed by atoms with E-state index in [0.29, 0.717) is 0 Å². The van der Waals surface area contributed by atoms with E-state index in [4.69, 9.17) is 0 Å². The van der Waals surface area contributed by atoms with E-state index in [2.05, 4.69) is 43.0 Å². The first kappa shape index (κ1) is 13.9. The first-order valence-corrected chi connectivity index (χ1v) is 8.76. The first-order valence-electron chi connectivity index (χ1n) is 7.78. The summed E-state index contributed by atoms with van der Waals surface area (Å²) in [5, 5.41) is 0. The number of thioether (sulfide) groups is 1. The average molecular weight is 309 g/mol. The summed E-state index contributed by atoms with van der Waals surface area (Å²) in [6.45, 7) is 5.12. The zero-order chi connectivity index (χ0) is 15.3. The predicted octanol–water partition coefficient (Wildman–Crippen LogP) is 4.10. The summed E-state index contributed by atoms with van der Waals surface area (Å²) in [7, 11) is 0. The maximum Gasteiger partial charge on any atom is 0.255 e. The number of hydrogen-bond acceptors (Lipinski definition) is 2. The van der Waals surface area contributed by atoms with Crippen molar-refractivity contribution in [3.05, 3.63) is 70.3 Å². The molecule has 2 aliphatic rings. The molecule has 0 N–H and O–H groups in total. The Hall–Kier alpha value is -1.74. The van der Waals surface area contributed by atoms with Gasteiger partial charge in [-0.2, -0.15) is 0 Å². The third-order valence-electron chi connectivity index (χ3n) is 4.88. The molecule has 112 valence electrons. The molecule has 4 rings (SSSR count). The van der Waals surface area contributed by atoms with Crippen LogP contribution in [0.15, 0.2) is 42.5 Å². The number of benzene rings is 2. The average Bonchev–Trinajstić information content (AvgIpc) is 2.81. The first-order chi connectivity index (χ1) is 10.6. The molecule has 0 radical (unpaired) electrons. The number of hydrogen-bond donors (Lipinski definition) is 0. The van der Waals surface area contributed by atoms with Gasteiger partial charge in [0, 0.05) is 17.7 Å². The third-order valence-corrected chi connectivity index (χ3v) is 6.47. The lowest BCUT2D eigenvalue weighted by Crippen LogP contribution is -2.46. The van der Waals surface area contributed by atoms with Crippen LogP contribution >= 0.6 is 11.8 Å². The molecule has 2 aromatic carbocycles. The Kier molecular flexibility index (Phi) is 3.08. The number of amides is 1. The third kappa shape index (κ3) is 1.72. The number of carbonyl (C=O) groups excluding carboxylic acids is 1. The SMILES string of the molecule is Cc1ccc(C23SCCCN2C(=O)c2ccccc23)cc1C.